The van der Waals surface area contributed by atoms with Gasteiger partial charge in [0, 0.05) is 10.9 Å². The second-order valence-electron chi connectivity index (χ2n) is 8.07. The van der Waals surface area contributed by atoms with E-state index in [4.69, 9.17) is 21.3 Å². The summed E-state index contributed by atoms with van der Waals surface area (Å²) in [6.07, 6.45) is -5.94. The number of rotatable bonds is 5. The first-order chi connectivity index (χ1) is 17.1. The number of benzene rings is 3. The predicted molar refractivity (Wildman–Crippen MR) is 132 cm³/mol. The van der Waals surface area contributed by atoms with Gasteiger partial charge in [0.2, 0.25) is 0 Å². The number of ether oxygens (including phenoxy) is 1. The van der Waals surface area contributed by atoms with E-state index < -0.39 is 29.7 Å². The summed E-state index contributed by atoms with van der Waals surface area (Å²) in [7, 11) is 0. The maximum atomic E-state index is 13.3. The molecule has 0 bridgehead atoms. The van der Waals surface area contributed by atoms with Crippen LogP contribution in [-0.2, 0) is 15.7 Å². The van der Waals surface area contributed by atoms with Gasteiger partial charge >= 0.3 is 12.1 Å². The molecule has 0 saturated carbocycles. The highest BCUT2D eigenvalue weighted by molar-refractivity contribution is 6.33. The number of amides is 1. The molecule has 4 rings (SSSR count). The molecule has 0 saturated heterocycles. The van der Waals surface area contributed by atoms with Crippen LogP contribution in [-0.4, -0.2) is 23.0 Å². The average Bonchev–Trinajstić information content (AvgIpc) is 2.84. The highest BCUT2D eigenvalue weighted by Crippen LogP contribution is 2.34. The van der Waals surface area contributed by atoms with Crippen molar-refractivity contribution in [2.75, 3.05) is 5.32 Å². The fraction of sp³-hybridized carbons (Fsp3) is 0.148. The monoisotopic (exact) mass is 512 g/mol. The maximum Gasteiger partial charge on any atom is 0.416 e. The number of nitrogens with one attached hydrogen (secondary N) is 1. The number of pyridine rings is 1. The number of hydrogen-bond donors (Lipinski definition) is 1. The van der Waals surface area contributed by atoms with Gasteiger partial charge in [-0.25, -0.2) is 9.78 Å². The van der Waals surface area contributed by atoms with E-state index in [0.29, 0.717) is 22.2 Å². The number of aromatic nitrogens is 1. The van der Waals surface area contributed by atoms with Gasteiger partial charge in [-0.1, -0.05) is 60.1 Å². The fourth-order valence-electron chi connectivity index (χ4n) is 3.75. The minimum absolute atomic E-state index is 0.0849. The van der Waals surface area contributed by atoms with Gasteiger partial charge in [0.15, 0.2) is 6.10 Å². The summed E-state index contributed by atoms with van der Waals surface area (Å²) >= 11 is 5.96. The van der Waals surface area contributed by atoms with Gasteiger partial charge in [-0.05, 0) is 43.7 Å². The van der Waals surface area contributed by atoms with Gasteiger partial charge < -0.3 is 10.1 Å². The zero-order chi connectivity index (χ0) is 26.0. The second-order valence-corrected chi connectivity index (χ2v) is 8.48. The van der Waals surface area contributed by atoms with Crippen LogP contribution in [0.25, 0.3) is 22.2 Å². The molecule has 0 aliphatic rings. The lowest BCUT2D eigenvalue weighted by Crippen LogP contribution is -2.30. The van der Waals surface area contributed by atoms with E-state index in [1.165, 1.54) is 6.92 Å². The molecule has 0 spiro atoms. The van der Waals surface area contributed by atoms with Crippen LogP contribution in [0.3, 0.4) is 0 Å². The summed E-state index contributed by atoms with van der Waals surface area (Å²) in [6.45, 7) is 3.07. The highest BCUT2D eigenvalue weighted by atomic mass is 35.5. The maximum absolute atomic E-state index is 13.3. The minimum atomic E-state index is -4.61. The fourth-order valence-corrected chi connectivity index (χ4v) is 3.92. The van der Waals surface area contributed by atoms with Crippen molar-refractivity contribution >= 4 is 40.1 Å². The number of hydrogen-bond acceptors (Lipinski definition) is 4. The van der Waals surface area contributed by atoms with Gasteiger partial charge in [-0.15, -0.1) is 0 Å². The quantitative estimate of drug-likeness (QED) is 0.290. The number of anilines is 1. The van der Waals surface area contributed by atoms with Crippen molar-refractivity contribution in [1.29, 1.82) is 0 Å². The van der Waals surface area contributed by atoms with Crippen molar-refractivity contribution in [3.05, 3.63) is 94.5 Å². The molecule has 9 heteroatoms. The molecule has 1 N–H and O–H groups in total. The zero-order valence-corrected chi connectivity index (χ0v) is 19.9. The van der Waals surface area contributed by atoms with Crippen LogP contribution >= 0.6 is 11.6 Å². The summed E-state index contributed by atoms with van der Waals surface area (Å²) in [6, 6.07) is 18.9. The Kier molecular flexibility index (Phi) is 6.99. The number of para-hydroxylation sites is 1. The molecule has 1 aromatic heterocycles. The molecule has 4 aromatic rings. The molecular formula is C27H20ClF3N2O3. The van der Waals surface area contributed by atoms with Gasteiger partial charge in [-0.2, -0.15) is 13.2 Å². The van der Waals surface area contributed by atoms with E-state index in [1.54, 1.807) is 31.2 Å². The first kappa shape index (κ1) is 25.2. The Labute approximate surface area is 209 Å². The third kappa shape index (κ3) is 5.18. The molecule has 1 amide bonds. The average molecular weight is 513 g/mol. The molecule has 0 aliphatic heterocycles. The van der Waals surface area contributed by atoms with E-state index in [1.807, 2.05) is 30.3 Å². The molecule has 1 atom stereocenters. The lowest BCUT2D eigenvalue weighted by Gasteiger charge is -2.18. The van der Waals surface area contributed by atoms with Crippen LogP contribution < -0.4 is 5.32 Å². The van der Waals surface area contributed by atoms with Crippen LogP contribution in [0, 0.1) is 6.92 Å². The Morgan fingerprint density at radius 3 is 2.36 bits per heavy atom. The van der Waals surface area contributed by atoms with E-state index in [0.717, 1.165) is 23.8 Å². The highest BCUT2D eigenvalue weighted by Gasteiger charge is 2.31. The number of carbonyl (C=O) groups is 2. The van der Waals surface area contributed by atoms with Crippen LogP contribution in [0.15, 0.2) is 72.8 Å². The number of carbonyl (C=O) groups excluding carboxylic acids is 2. The van der Waals surface area contributed by atoms with Gasteiger partial charge in [0.05, 0.1) is 33.0 Å². The van der Waals surface area contributed by atoms with Crippen molar-refractivity contribution < 1.29 is 27.5 Å². The first-order valence-corrected chi connectivity index (χ1v) is 11.3. The number of alkyl halides is 3. The third-order valence-corrected chi connectivity index (χ3v) is 5.92. The Hall–Kier alpha value is -3.91. The smallest absolute Gasteiger partial charge is 0.416 e. The molecule has 0 unspecified atom stereocenters. The molecule has 1 heterocycles. The number of nitrogens with zero attached hydrogens (tertiary/aromatic N) is 1. The Morgan fingerprint density at radius 1 is 1.00 bits per heavy atom. The minimum Gasteiger partial charge on any atom is -0.449 e. The second kappa shape index (κ2) is 9.99. The van der Waals surface area contributed by atoms with Crippen LogP contribution in [0.1, 0.15) is 28.4 Å². The van der Waals surface area contributed by atoms with E-state index in [2.05, 4.69) is 5.32 Å². The predicted octanol–water partition coefficient (Wildman–Crippen LogP) is 7.07. The van der Waals surface area contributed by atoms with Crippen molar-refractivity contribution in [1.82, 2.24) is 4.98 Å². The van der Waals surface area contributed by atoms with Gasteiger partial charge in [-0.3, -0.25) is 4.79 Å². The summed E-state index contributed by atoms with van der Waals surface area (Å²) in [5.74, 6) is -1.59. The SMILES string of the molecule is Cc1c(-c2ccccc2)nc2ccccc2c1C(=O)O[C@@H](C)C(=O)Nc1cc(C(F)(F)F)ccc1Cl. The van der Waals surface area contributed by atoms with Crippen molar-refractivity contribution in [2.45, 2.75) is 26.1 Å². The van der Waals surface area contributed by atoms with Crippen molar-refractivity contribution in [2.24, 2.45) is 0 Å². The summed E-state index contributed by atoms with van der Waals surface area (Å²) < 4.78 is 44.6. The summed E-state index contributed by atoms with van der Waals surface area (Å²) in [5, 5.41) is 2.77. The molecule has 5 nitrogen and oxygen atoms in total. The number of fused-ring (bicyclic) bond motifs is 1. The molecule has 0 aliphatic carbocycles. The Morgan fingerprint density at radius 2 is 1.67 bits per heavy atom. The molecular weight excluding hydrogens is 493 g/mol. The largest absolute Gasteiger partial charge is 0.449 e. The topological polar surface area (TPSA) is 68.3 Å². The molecule has 36 heavy (non-hydrogen) atoms. The standard InChI is InChI=1S/C27H20ClF3N2O3/c1-15-23(19-10-6-7-11-21(19)32-24(15)17-8-4-3-5-9-17)26(35)36-16(2)25(34)33-22-14-18(27(29,30)31)12-13-20(22)28/h3-14,16H,1-2H3,(H,33,34)/t16-/m0/s1. The Bertz CT molecular complexity index is 1460. The van der Waals surface area contributed by atoms with Gasteiger partial charge in [0.1, 0.15) is 0 Å². The van der Waals surface area contributed by atoms with Crippen LogP contribution in [0.2, 0.25) is 5.02 Å². The van der Waals surface area contributed by atoms with E-state index in [9.17, 15) is 22.8 Å². The van der Waals surface area contributed by atoms with E-state index >= 15 is 0 Å². The van der Waals surface area contributed by atoms with Crippen molar-refractivity contribution in [3.63, 3.8) is 0 Å². The first-order valence-electron chi connectivity index (χ1n) is 10.9. The van der Waals surface area contributed by atoms with Gasteiger partial charge in [0.25, 0.3) is 5.91 Å². The van der Waals surface area contributed by atoms with Crippen molar-refractivity contribution in [3.8, 4) is 11.3 Å². The number of esters is 1. The molecule has 0 radical (unpaired) electrons. The zero-order valence-electron chi connectivity index (χ0n) is 19.2. The normalized spacial score (nSPS) is 12.3. The summed E-state index contributed by atoms with van der Waals surface area (Å²) in [5.41, 5.74) is 1.57. The lowest BCUT2D eigenvalue weighted by molar-refractivity contribution is -0.137. The third-order valence-electron chi connectivity index (χ3n) is 5.59. The lowest BCUT2D eigenvalue weighted by atomic mass is 9.98. The Balaban J connectivity index is 1.63. The molecule has 0 fully saturated rings. The van der Waals surface area contributed by atoms with E-state index in [-0.39, 0.29) is 16.3 Å². The number of halogens is 4. The molecule has 3 aromatic carbocycles. The van der Waals surface area contributed by atoms with Crippen LogP contribution in [0.4, 0.5) is 18.9 Å². The summed E-state index contributed by atoms with van der Waals surface area (Å²) in [4.78, 5) is 30.7. The molecule has 184 valence electrons. The van der Waals surface area contributed by atoms with Crippen LogP contribution in [0.5, 0.6) is 0 Å².